The fourth-order valence-corrected chi connectivity index (χ4v) is 2.61. The topological polar surface area (TPSA) is 91.5 Å². The minimum Gasteiger partial charge on any atom is -0.423 e. The van der Waals surface area contributed by atoms with Gasteiger partial charge in [0.2, 0.25) is 12.3 Å². The summed E-state index contributed by atoms with van der Waals surface area (Å²) in [5.41, 5.74) is 2.48. The van der Waals surface area contributed by atoms with Crippen LogP contribution >= 0.6 is 0 Å². The molecule has 0 radical (unpaired) electrons. The maximum Gasteiger partial charge on any atom is 0.322 e. The van der Waals surface area contributed by atoms with E-state index in [0.717, 1.165) is 36.1 Å². The molecule has 1 saturated carbocycles. The number of carbonyl (C=O) groups is 1. The normalized spacial score (nSPS) is 13.8. The summed E-state index contributed by atoms with van der Waals surface area (Å²) >= 11 is 0. The standard InChI is InChI=1S/C17H22N4O3/c1-12-4-5-13(16-20-18-11-24-16)10-15(12)19-17(23)21(14-6-7-14)8-2-3-9-22/h4-5,10-11,14,22H,2-3,6-9H2,1H3,(H,19,23). The molecule has 0 atom stereocenters. The number of aromatic nitrogens is 2. The number of amides is 2. The monoisotopic (exact) mass is 330 g/mol. The second kappa shape index (κ2) is 7.44. The quantitative estimate of drug-likeness (QED) is 0.762. The number of hydrogen-bond donors (Lipinski definition) is 2. The minimum atomic E-state index is -0.0961. The molecule has 1 aromatic heterocycles. The molecule has 128 valence electrons. The number of aliphatic hydroxyl groups excluding tert-OH is 1. The molecule has 7 heteroatoms. The number of nitrogens with one attached hydrogen (secondary N) is 1. The van der Waals surface area contributed by atoms with Crippen LogP contribution in [-0.2, 0) is 0 Å². The fraction of sp³-hybridized carbons (Fsp3) is 0.471. The lowest BCUT2D eigenvalue weighted by Gasteiger charge is -2.23. The third-order valence-corrected chi connectivity index (χ3v) is 4.14. The summed E-state index contributed by atoms with van der Waals surface area (Å²) in [5.74, 6) is 0.424. The molecular weight excluding hydrogens is 308 g/mol. The summed E-state index contributed by atoms with van der Waals surface area (Å²) in [7, 11) is 0. The molecule has 1 aliphatic carbocycles. The molecule has 0 bridgehead atoms. The first-order valence-electron chi connectivity index (χ1n) is 8.24. The number of nitrogens with zero attached hydrogens (tertiary/aromatic N) is 3. The zero-order chi connectivity index (χ0) is 16.9. The van der Waals surface area contributed by atoms with Crippen LogP contribution in [-0.4, -0.2) is 45.4 Å². The van der Waals surface area contributed by atoms with Crippen molar-refractivity contribution in [2.45, 2.75) is 38.6 Å². The van der Waals surface area contributed by atoms with Gasteiger partial charge in [-0.05, 0) is 50.3 Å². The van der Waals surface area contributed by atoms with Crippen LogP contribution in [0.3, 0.4) is 0 Å². The van der Waals surface area contributed by atoms with Crippen LogP contribution in [0.5, 0.6) is 0 Å². The number of rotatable bonds is 7. The minimum absolute atomic E-state index is 0.0961. The first-order valence-corrected chi connectivity index (χ1v) is 8.24. The van der Waals surface area contributed by atoms with Gasteiger partial charge in [0, 0.05) is 30.4 Å². The molecule has 1 fully saturated rings. The Kier molecular flexibility index (Phi) is 5.10. The number of benzene rings is 1. The maximum atomic E-state index is 12.6. The second-order valence-corrected chi connectivity index (χ2v) is 6.06. The first kappa shape index (κ1) is 16.4. The predicted molar refractivity (Wildman–Crippen MR) is 89.5 cm³/mol. The molecule has 0 saturated heterocycles. The Balaban J connectivity index is 1.71. The molecule has 0 unspecified atom stereocenters. The number of aryl methyl sites for hydroxylation is 1. The Labute approximate surface area is 140 Å². The highest BCUT2D eigenvalue weighted by atomic mass is 16.4. The van der Waals surface area contributed by atoms with E-state index in [1.807, 2.05) is 30.0 Å². The summed E-state index contributed by atoms with van der Waals surface area (Å²) in [6.07, 6.45) is 4.90. The zero-order valence-electron chi connectivity index (χ0n) is 13.7. The van der Waals surface area contributed by atoms with E-state index in [9.17, 15) is 4.79 Å². The van der Waals surface area contributed by atoms with Gasteiger partial charge >= 0.3 is 6.03 Å². The van der Waals surface area contributed by atoms with Crippen molar-refractivity contribution in [2.24, 2.45) is 0 Å². The molecular formula is C17H22N4O3. The molecule has 2 aromatic rings. The van der Waals surface area contributed by atoms with Crippen molar-refractivity contribution in [2.75, 3.05) is 18.5 Å². The molecule has 0 spiro atoms. The summed E-state index contributed by atoms with van der Waals surface area (Å²) < 4.78 is 5.21. The molecule has 3 rings (SSSR count). The Morgan fingerprint density at radius 3 is 2.92 bits per heavy atom. The van der Waals surface area contributed by atoms with E-state index in [2.05, 4.69) is 15.5 Å². The highest BCUT2D eigenvalue weighted by Gasteiger charge is 2.32. The molecule has 1 aliphatic rings. The van der Waals surface area contributed by atoms with Crippen LogP contribution < -0.4 is 5.32 Å². The number of carbonyl (C=O) groups excluding carboxylic acids is 1. The smallest absolute Gasteiger partial charge is 0.322 e. The highest BCUT2D eigenvalue weighted by Crippen LogP contribution is 2.29. The van der Waals surface area contributed by atoms with Crippen LogP contribution in [0.25, 0.3) is 11.5 Å². The van der Waals surface area contributed by atoms with Gasteiger partial charge in [-0.15, -0.1) is 10.2 Å². The summed E-state index contributed by atoms with van der Waals surface area (Å²) in [5, 5.41) is 19.5. The lowest BCUT2D eigenvalue weighted by molar-refractivity contribution is 0.204. The molecule has 1 aromatic carbocycles. The third kappa shape index (κ3) is 3.91. The van der Waals surface area contributed by atoms with E-state index >= 15 is 0 Å². The molecule has 7 nitrogen and oxygen atoms in total. The Morgan fingerprint density at radius 1 is 1.42 bits per heavy atom. The van der Waals surface area contributed by atoms with Crippen molar-refractivity contribution in [3.63, 3.8) is 0 Å². The van der Waals surface area contributed by atoms with Gasteiger partial charge in [-0.3, -0.25) is 0 Å². The summed E-state index contributed by atoms with van der Waals surface area (Å²) in [6, 6.07) is 5.88. The number of urea groups is 1. The van der Waals surface area contributed by atoms with Gasteiger partial charge in [-0.1, -0.05) is 6.07 Å². The zero-order valence-corrected chi connectivity index (χ0v) is 13.7. The van der Waals surface area contributed by atoms with E-state index in [1.54, 1.807) is 0 Å². The van der Waals surface area contributed by atoms with Gasteiger partial charge in [-0.25, -0.2) is 4.79 Å². The number of anilines is 1. The summed E-state index contributed by atoms with van der Waals surface area (Å²) in [6.45, 7) is 2.77. The predicted octanol–water partition coefficient (Wildman–Crippen LogP) is 2.81. The molecule has 2 N–H and O–H groups in total. The highest BCUT2D eigenvalue weighted by molar-refractivity contribution is 5.91. The number of hydrogen-bond acceptors (Lipinski definition) is 5. The van der Waals surface area contributed by atoms with Gasteiger partial charge in [0.05, 0.1) is 0 Å². The van der Waals surface area contributed by atoms with E-state index in [0.29, 0.717) is 24.9 Å². The van der Waals surface area contributed by atoms with Crippen molar-refractivity contribution < 1.29 is 14.3 Å². The van der Waals surface area contributed by atoms with Gasteiger partial charge < -0.3 is 19.7 Å². The van der Waals surface area contributed by atoms with E-state index in [-0.39, 0.29) is 12.6 Å². The number of aliphatic hydroxyl groups is 1. The van der Waals surface area contributed by atoms with Crippen molar-refractivity contribution in [3.05, 3.63) is 30.2 Å². The van der Waals surface area contributed by atoms with Gasteiger partial charge in [0.15, 0.2) is 0 Å². The average Bonchev–Trinajstić information content (AvgIpc) is 3.26. The maximum absolute atomic E-state index is 12.6. The molecule has 1 heterocycles. The second-order valence-electron chi connectivity index (χ2n) is 6.06. The average molecular weight is 330 g/mol. The fourth-order valence-electron chi connectivity index (χ4n) is 2.61. The SMILES string of the molecule is Cc1ccc(-c2nnco2)cc1NC(=O)N(CCCCO)C1CC1. The Morgan fingerprint density at radius 2 is 2.25 bits per heavy atom. The van der Waals surface area contributed by atoms with Crippen LogP contribution in [0, 0.1) is 6.92 Å². The van der Waals surface area contributed by atoms with Gasteiger partial charge in [0.1, 0.15) is 0 Å². The lowest BCUT2D eigenvalue weighted by atomic mass is 10.1. The van der Waals surface area contributed by atoms with Crippen molar-refractivity contribution >= 4 is 11.7 Å². The van der Waals surface area contributed by atoms with Crippen molar-refractivity contribution in [1.82, 2.24) is 15.1 Å². The van der Waals surface area contributed by atoms with E-state index in [4.69, 9.17) is 9.52 Å². The number of unbranched alkanes of at least 4 members (excludes halogenated alkanes) is 1. The van der Waals surface area contributed by atoms with Crippen LogP contribution in [0.1, 0.15) is 31.2 Å². The van der Waals surface area contributed by atoms with Crippen LogP contribution in [0.15, 0.2) is 29.0 Å². The summed E-state index contributed by atoms with van der Waals surface area (Å²) in [4.78, 5) is 14.5. The Hall–Kier alpha value is -2.41. The largest absolute Gasteiger partial charge is 0.423 e. The van der Waals surface area contributed by atoms with E-state index < -0.39 is 0 Å². The van der Waals surface area contributed by atoms with Gasteiger partial charge in [-0.2, -0.15) is 0 Å². The van der Waals surface area contributed by atoms with Crippen molar-refractivity contribution in [3.8, 4) is 11.5 Å². The Bertz CT molecular complexity index is 683. The molecule has 2 amide bonds. The lowest BCUT2D eigenvalue weighted by Crippen LogP contribution is -2.37. The molecule has 0 aliphatic heterocycles. The van der Waals surface area contributed by atoms with Crippen molar-refractivity contribution in [1.29, 1.82) is 0 Å². The molecule has 24 heavy (non-hydrogen) atoms. The van der Waals surface area contributed by atoms with Gasteiger partial charge in [0.25, 0.3) is 0 Å². The van der Waals surface area contributed by atoms with E-state index in [1.165, 1.54) is 6.39 Å². The third-order valence-electron chi connectivity index (χ3n) is 4.14. The first-order chi connectivity index (χ1) is 11.7. The van der Waals surface area contributed by atoms with Crippen LogP contribution in [0.4, 0.5) is 10.5 Å². The van der Waals surface area contributed by atoms with Crippen LogP contribution in [0.2, 0.25) is 0 Å².